The van der Waals surface area contributed by atoms with E-state index in [1.807, 2.05) is 18.7 Å². The van der Waals surface area contributed by atoms with Crippen molar-refractivity contribution in [3.8, 4) is 11.8 Å². The summed E-state index contributed by atoms with van der Waals surface area (Å²) in [6.45, 7) is 4.85. The number of nitrogens with zero attached hydrogens (tertiary/aromatic N) is 4. The van der Waals surface area contributed by atoms with Gasteiger partial charge in [-0.1, -0.05) is 5.92 Å². The van der Waals surface area contributed by atoms with Crippen LogP contribution in [0.4, 0.5) is 10.2 Å². The number of morpholine rings is 1. The monoisotopic (exact) mass is 342 g/mol. The zero-order chi connectivity index (χ0) is 17.8. The van der Waals surface area contributed by atoms with Gasteiger partial charge in [0.05, 0.1) is 30.6 Å². The van der Waals surface area contributed by atoms with Gasteiger partial charge in [-0.2, -0.15) is 4.39 Å². The van der Waals surface area contributed by atoms with Gasteiger partial charge in [-0.3, -0.25) is 4.98 Å². The first kappa shape index (κ1) is 17.3. The van der Waals surface area contributed by atoms with E-state index >= 15 is 0 Å². The molecule has 0 spiro atoms. The van der Waals surface area contributed by atoms with Crippen molar-refractivity contribution in [2.45, 2.75) is 32.7 Å². The van der Waals surface area contributed by atoms with Gasteiger partial charge in [0.15, 0.2) is 0 Å². The first-order valence-electron chi connectivity index (χ1n) is 8.05. The number of rotatable bonds is 2. The van der Waals surface area contributed by atoms with Gasteiger partial charge in [0.25, 0.3) is 0 Å². The molecule has 0 aromatic carbocycles. The summed E-state index contributed by atoms with van der Waals surface area (Å²) in [6.07, 6.45) is 4.57. The van der Waals surface area contributed by atoms with Gasteiger partial charge in [0, 0.05) is 31.0 Å². The van der Waals surface area contributed by atoms with Crippen LogP contribution in [0.2, 0.25) is 0 Å². The van der Waals surface area contributed by atoms with E-state index in [4.69, 9.17) is 4.74 Å². The number of hydrogen-bond acceptors (Lipinski definition) is 6. The third-order valence-corrected chi connectivity index (χ3v) is 3.81. The van der Waals surface area contributed by atoms with Gasteiger partial charge in [-0.15, -0.1) is 0 Å². The summed E-state index contributed by atoms with van der Waals surface area (Å²) < 4.78 is 20.1. The Labute approximate surface area is 145 Å². The molecule has 1 saturated heterocycles. The molecular weight excluding hydrogens is 323 g/mol. The van der Waals surface area contributed by atoms with Crippen LogP contribution in [0.5, 0.6) is 0 Å². The molecule has 3 rings (SSSR count). The fraction of sp³-hybridized carbons (Fsp3) is 0.389. The standard InChI is InChI=1S/C18H19FN4O2/c1-12-9-23(10-13(2)25-12)18-15(11-24)7-14(17(19)22-18)3-4-16-8-20-5-6-21-16/h5-8,12-13,24H,9-11H2,1-2H3. The highest BCUT2D eigenvalue weighted by Crippen LogP contribution is 2.24. The SMILES string of the molecule is CC1CN(c2nc(F)c(C#Cc3cnccn3)cc2CO)CC(C)O1. The molecule has 130 valence electrons. The van der Waals surface area contributed by atoms with Crippen molar-refractivity contribution in [3.63, 3.8) is 0 Å². The van der Waals surface area contributed by atoms with E-state index < -0.39 is 5.95 Å². The van der Waals surface area contributed by atoms with Gasteiger partial charge in [0.2, 0.25) is 5.95 Å². The quantitative estimate of drug-likeness (QED) is 0.659. The zero-order valence-electron chi connectivity index (χ0n) is 14.1. The molecule has 2 unspecified atom stereocenters. The van der Waals surface area contributed by atoms with Crippen LogP contribution in [0.1, 0.15) is 30.7 Å². The fourth-order valence-corrected chi connectivity index (χ4v) is 2.85. The van der Waals surface area contributed by atoms with Gasteiger partial charge < -0.3 is 14.7 Å². The van der Waals surface area contributed by atoms with Crippen molar-refractivity contribution in [1.29, 1.82) is 0 Å². The summed E-state index contributed by atoms with van der Waals surface area (Å²) in [7, 11) is 0. The largest absolute Gasteiger partial charge is 0.392 e. The van der Waals surface area contributed by atoms with Gasteiger partial charge in [-0.05, 0) is 25.8 Å². The molecular formula is C18H19FN4O2. The van der Waals surface area contributed by atoms with Gasteiger partial charge in [-0.25, -0.2) is 9.97 Å². The Morgan fingerprint density at radius 2 is 2.04 bits per heavy atom. The van der Waals surface area contributed by atoms with E-state index in [9.17, 15) is 9.50 Å². The molecule has 0 amide bonds. The van der Waals surface area contributed by atoms with Crippen LogP contribution in [0.15, 0.2) is 24.7 Å². The topological polar surface area (TPSA) is 71.4 Å². The lowest BCUT2D eigenvalue weighted by Crippen LogP contribution is -2.46. The van der Waals surface area contributed by atoms with E-state index in [1.165, 1.54) is 24.7 Å². The van der Waals surface area contributed by atoms with Crippen molar-refractivity contribution in [2.24, 2.45) is 0 Å². The van der Waals surface area contributed by atoms with Crippen LogP contribution in [-0.4, -0.2) is 45.4 Å². The molecule has 7 heteroatoms. The second kappa shape index (κ2) is 7.55. The molecule has 1 N–H and O–H groups in total. The first-order chi connectivity index (χ1) is 12.1. The highest BCUT2D eigenvalue weighted by Gasteiger charge is 2.25. The third-order valence-electron chi connectivity index (χ3n) is 3.81. The fourth-order valence-electron chi connectivity index (χ4n) is 2.85. The summed E-state index contributed by atoms with van der Waals surface area (Å²) in [5.74, 6) is 5.22. The number of aromatic nitrogens is 3. The lowest BCUT2D eigenvalue weighted by molar-refractivity contribution is -0.00561. The van der Waals surface area contributed by atoms with Gasteiger partial charge >= 0.3 is 0 Å². The number of halogens is 1. The van der Waals surface area contributed by atoms with Crippen molar-refractivity contribution < 1.29 is 14.2 Å². The maximum Gasteiger partial charge on any atom is 0.230 e. The van der Waals surface area contributed by atoms with E-state index in [2.05, 4.69) is 26.8 Å². The third kappa shape index (κ3) is 4.10. The van der Waals surface area contributed by atoms with E-state index in [-0.39, 0.29) is 24.4 Å². The molecule has 1 aliphatic rings. The Bertz CT molecular complexity index is 794. The first-order valence-corrected chi connectivity index (χ1v) is 8.05. The number of aliphatic hydroxyl groups is 1. The predicted octanol–water partition coefficient (Wildman–Crippen LogP) is 1.52. The maximum atomic E-state index is 14.4. The molecule has 0 aliphatic carbocycles. The highest BCUT2D eigenvalue weighted by atomic mass is 19.1. The molecule has 2 atom stereocenters. The van der Waals surface area contributed by atoms with Crippen molar-refractivity contribution >= 4 is 5.82 Å². The van der Waals surface area contributed by atoms with Crippen LogP contribution in [0.3, 0.4) is 0 Å². The molecule has 1 fully saturated rings. The zero-order valence-corrected chi connectivity index (χ0v) is 14.1. The Morgan fingerprint density at radius 3 is 2.68 bits per heavy atom. The summed E-state index contributed by atoms with van der Waals surface area (Å²) in [5.41, 5.74) is 1.09. The molecule has 6 nitrogen and oxygen atoms in total. The molecule has 2 aromatic heterocycles. The Balaban J connectivity index is 1.92. The van der Waals surface area contributed by atoms with Crippen LogP contribution in [0, 0.1) is 17.8 Å². The van der Waals surface area contributed by atoms with Crippen LogP contribution in [0.25, 0.3) is 0 Å². The lowest BCUT2D eigenvalue weighted by atomic mass is 10.1. The average molecular weight is 342 g/mol. The van der Waals surface area contributed by atoms with Crippen molar-refractivity contribution in [3.05, 3.63) is 47.4 Å². The predicted molar refractivity (Wildman–Crippen MR) is 90.4 cm³/mol. The number of ether oxygens (including phenoxy) is 1. The molecule has 3 heterocycles. The number of hydrogen-bond donors (Lipinski definition) is 1. The van der Waals surface area contributed by atoms with Crippen LogP contribution in [-0.2, 0) is 11.3 Å². The minimum absolute atomic E-state index is 0.0104. The second-order valence-electron chi connectivity index (χ2n) is 5.97. The maximum absolute atomic E-state index is 14.4. The summed E-state index contributed by atoms with van der Waals surface area (Å²) in [6, 6.07) is 1.53. The van der Waals surface area contributed by atoms with Crippen LogP contribution < -0.4 is 4.90 Å². The number of pyridine rings is 1. The van der Waals surface area contributed by atoms with Crippen molar-refractivity contribution in [2.75, 3.05) is 18.0 Å². The average Bonchev–Trinajstić information content (AvgIpc) is 2.60. The molecule has 0 saturated carbocycles. The van der Waals surface area contributed by atoms with Gasteiger partial charge in [0.1, 0.15) is 11.5 Å². The minimum atomic E-state index is -0.671. The Kier molecular flexibility index (Phi) is 5.22. The van der Waals surface area contributed by atoms with Crippen LogP contribution >= 0.6 is 0 Å². The molecule has 0 bridgehead atoms. The molecule has 2 aromatic rings. The Hall–Kier alpha value is -2.56. The summed E-state index contributed by atoms with van der Waals surface area (Å²) in [5, 5.41) is 9.69. The van der Waals surface area contributed by atoms with E-state index in [0.29, 0.717) is 30.2 Å². The normalized spacial score (nSPS) is 20.1. The van der Waals surface area contributed by atoms with Crippen molar-refractivity contribution in [1.82, 2.24) is 15.0 Å². The Morgan fingerprint density at radius 1 is 1.28 bits per heavy atom. The molecule has 0 radical (unpaired) electrons. The molecule has 25 heavy (non-hydrogen) atoms. The second-order valence-corrected chi connectivity index (χ2v) is 5.97. The minimum Gasteiger partial charge on any atom is -0.392 e. The highest BCUT2D eigenvalue weighted by molar-refractivity contribution is 5.52. The number of aliphatic hydroxyl groups excluding tert-OH is 1. The lowest BCUT2D eigenvalue weighted by Gasteiger charge is -2.36. The van der Waals surface area contributed by atoms with E-state index in [0.717, 1.165) is 0 Å². The summed E-state index contributed by atoms with van der Waals surface area (Å²) in [4.78, 5) is 13.9. The molecule has 1 aliphatic heterocycles. The smallest absolute Gasteiger partial charge is 0.230 e. The van der Waals surface area contributed by atoms with E-state index in [1.54, 1.807) is 0 Å². The summed E-state index contributed by atoms with van der Waals surface area (Å²) >= 11 is 0. The number of anilines is 1.